The van der Waals surface area contributed by atoms with Crippen molar-refractivity contribution in [2.24, 2.45) is 0 Å². The van der Waals surface area contributed by atoms with Crippen molar-refractivity contribution in [3.63, 3.8) is 0 Å². The highest BCUT2D eigenvalue weighted by molar-refractivity contribution is 6.00. The van der Waals surface area contributed by atoms with Crippen molar-refractivity contribution < 1.29 is 9.53 Å². The number of amides is 1. The van der Waals surface area contributed by atoms with E-state index in [1.807, 2.05) is 13.8 Å². The lowest BCUT2D eigenvalue weighted by atomic mass is 10.2. The van der Waals surface area contributed by atoms with Gasteiger partial charge in [-0.15, -0.1) is 0 Å². The second-order valence-electron chi connectivity index (χ2n) is 4.97. The molecule has 1 fully saturated rings. The Balaban J connectivity index is 1.90. The summed E-state index contributed by atoms with van der Waals surface area (Å²) in [5.74, 6) is 1.63. The maximum Gasteiger partial charge on any atom is 0.232 e. The molecule has 0 aliphatic carbocycles. The summed E-state index contributed by atoms with van der Waals surface area (Å²) in [5, 5.41) is 0. The van der Waals surface area contributed by atoms with Gasteiger partial charge in [-0.2, -0.15) is 0 Å². The summed E-state index contributed by atoms with van der Waals surface area (Å²) >= 11 is 0. The van der Waals surface area contributed by atoms with E-state index in [2.05, 4.69) is 9.97 Å². The number of ether oxygens (including phenoxy) is 1. The molecular formula is C13H17N3O2. The van der Waals surface area contributed by atoms with Crippen LogP contribution in [0.25, 0.3) is 0 Å². The number of aromatic nitrogens is 2. The topological polar surface area (TPSA) is 55.3 Å². The number of hydrogen-bond acceptors (Lipinski definition) is 4. The Bertz CT molecular complexity index is 495. The van der Waals surface area contributed by atoms with Crippen molar-refractivity contribution in [3.8, 4) is 0 Å². The molecular weight excluding hydrogens is 230 g/mol. The van der Waals surface area contributed by atoms with Gasteiger partial charge in [0.25, 0.3) is 0 Å². The highest BCUT2D eigenvalue weighted by atomic mass is 16.5. The number of hydrogen-bond donors (Lipinski definition) is 0. The Hall–Kier alpha value is -1.49. The highest BCUT2D eigenvalue weighted by Crippen LogP contribution is 2.29. The summed E-state index contributed by atoms with van der Waals surface area (Å²) in [4.78, 5) is 22.6. The Morgan fingerprint density at radius 3 is 2.94 bits per heavy atom. The van der Waals surface area contributed by atoms with Crippen molar-refractivity contribution in [1.29, 1.82) is 0 Å². The zero-order chi connectivity index (χ0) is 12.7. The van der Waals surface area contributed by atoms with E-state index in [0.29, 0.717) is 13.0 Å². The molecule has 3 rings (SSSR count). The van der Waals surface area contributed by atoms with E-state index in [1.165, 1.54) is 0 Å². The molecule has 5 heteroatoms. The molecule has 18 heavy (non-hydrogen) atoms. The van der Waals surface area contributed by atoms with E-state index < -0.39 is 0 Å². The third-order valence-corrected chi connectivity index (χ3v) is 3.60. The lowest BCUT2D eigenvalue weighted by molar-refractivity contribution is -0.117. The molecule has 0 bridgehead atoms. The first-order valence-electron chi connectivity index (χ1n) is 6.41. The summed E-state index contributed by atoms with van der Waals surface area (Å²) in [5.41, 5.74) is 1.89. The van der Waals surface area contributed by atoms with Gasteiger partial charge in [-0.05, 0) is 26.7 Å². The quantitative estimate of drug-likeness (QED) is 0.787. The summed E-state index contributed by atoms with van der Waals surface area (Å²) in [6.07, 6.45) is 2.70. The van der Waals surface area contributed by atoms with E-state index >= 15 is 0 Å². The van der Waals surface area contributed by atoms with E-state index in [-0.39, 0.29) is 12.0 Å². The van der Waals surface area contributed by atoms with Crippen LogP contribution in [-0.4, -0.2) is 35.1 Å². The molecule has 0 radical (unpaired) electrons. The molecule has 2 aliphatic rings. The SMILES string of the molecule is Cc1nc(C)c2c(n1)N(C[C@@H]1CCCO1)C(=O)C2. The predicted octanol–water partition coefficient (Wildman–Crippen LogP) is 1.16. The Kier molecular flexibility index (Phi) is 2.78. The molecule has 1 atom stereocenters. The highest BCUT2D eigenvalue weighted by Gasteiger charge is 2.33. The summed E-state index contributed by atoms with van der Waals surface area (Å²) in [7, 11) is 0. The monoisotopic (exact) mass is 247 g/mol. The minimum absolute atomic E-state index is 0.114. The molecule has 1 saturated heterocycles. The van der Waals surface area contributed by atoms with Gasteiger partial charge < -0.3 is 4.74 Å². The molecule has 2 aliphatic heterocycles. The molecule has 1 aromatic rings. The molecule has 5 nitrogen and oxygen atoms in total. The minimum atomic E-state index is 0.114. The first-order valence-corrected chi connectivity index (χ1v) is 6.41. The number of nitrogens with zero attached hydrogens (tertiary/aromatic N) is 3. The summed E-state index contributed by atoms with van der Waals surface area (Å²) < 4.78 is 5.60. The third kappa shape index (κ3) is 1.88. The first-order chi connectivity index (χ1) is 8.65. The molecule has 0 aromatic carbocycles. The molecule has 3 heterocycles. The van der Waals surface area contributed by atoms with Crippen LogP contribution in [0.3, 0.4) is 0 Å². The second-order valence-corrected chi connectivity index (χ2v) is 4.97. The van der Waals surface area contributed by atoms with Crippen LogP contribution < -0.4 is 4.90 Å². The molecule has 0 N–H and O–H groups in total. The molecule has 1 amide bonds. The van der Waals surface area contributed by atoms with Gasteiger partial charge in [-0.1, -0.05) is 0 Å². The number of anilines is 1. The van der Waals surface area contributed by atoms with Crippen molar-refractivity contribution in [2.75, 3.05) is 18.1 Å². The first kappa shape index (κ1) is 11.6. The van der Waals surface area contributed by atoms with Crippen molar-refractivity contribution in [3.05, 3.63) is 17.1 Å². The standard InChI is InChI=1S/C13H17N3O2/c1-8-11-6-12(17)16(7-10-4-3-5-18-10)13(11)15-9(2)14-8/h10H,3-7H2,1-2H3/t10-/m0/s1. The Morgan fingerprint density at radius 1 is 1.39 bits per heavy atom. The molecule has 96 valence electrons. The predicted molar refractivity (Wildman–Crippen MR) is 66.5 cm³/mol. The van der Waals surface area contributed by atoms with Crippen LogP contribution >= 0.6 is 0 Å². The average molecular weight is 247 g/mol. The largest absolute Gasteiger partial charge is 0.376 e. The van der Waals surface area contributed by atoms with Crippen molar-refractivity contribution >= 4 is 11.7 Å². The Morgan fingerprint density at radius 2 is 2.22 bits per heavy atom. The number of aryl methyl sites for hydroxylation is 2. The van der Waals surface area contributed by atoms with Crippen LogP contribution in [-0.2, 0) is 16.0 Å². The van der Waals surface area contributed by atoms with Crippen LogP contribution in [0.15, 0.2) is 0 Å². The average Bonchev–Trinajstić information content (AvgIpc) is 2.91. The van der Waals surface area contributed by atoms with E-state index in [9.17, 15) is 4.79 Å². The van der Waals surface area contributed by atoms with E-state index in [4.69, 9.17) is 4.74 Å². The maximum atomic E-state index is 12.1. The zero-order valence-corrected chi connectivity index (χ0v) is 10.8. The number of fused-ring (bicyclic) bond motifs is 1. The number of carbonyl (C=O) groups excluding carboxylic acids is 1. The van der Waals surface area contributed by atoms with Gasteiger partial charge in [0, 0.05) is 17.9 Å². The Labute approximate surface area is 106 Å². The van der Waals surface area contributed by atoms with Crippen LogP contribution in [0, 0.1) is 13.8 Å². The van der Waals surface area contributed by atoms with Gasteiger partial charge in [0.1, 0.15) is 11.6 Å². The maximum absolute atomic E-state index is 12.1. The zero-order valence-electron chi connectivity index (χ0n) is 10.8. The lowest BCUT2D eigenvalue weighted by Gasteiger charge is -2.20. The normalized spacial score (nSPS) is 22.7. The third-order valence-electron chi connectivity index (χ3n) is 3.60. The van der Waals surface area contributed by atoms with Gasteiger partial charge in [-0.3, -0.25) is 9.69 Å². The number of rotatable bonds is 2. The van der Waals surface area contributed by atoms with Gasteiger partial charge in [0.2, 0.25) is 5.91 Å². The van der Waals surface area contributed by atoms with Gasteiger partial charge >= 0.3 is 0 Å². The molecule has 0 spiro atoms. The fraction of sp³-hybridized carbons (Fsp3) is 0.615. The van der Waals surface area contributed by atoms with Crippen LogP contribution in [0.1, 0.15) is 29.9 Å². The molecule has 0 saturated carbocycles. The van der Waals surface area contributed by atoms with Crippen LogP contribution in [0.2, 0.25) is 0 Å². The summed E-state index contributed by atoms with van der Waals surface area (Å²) in [6, 6.07) is 0. The molecule has 0 unspecified atom stereocenters. The fourth-order valence-electron chi connectivity index (χ4n) is 2.69. The van der Waals surface area contributed by atoms with Gasteiger partial charge in [0.15, 0.2) is 0 Å². The van der Waals surface area contributed by atoms with Gasteiger partial charge in [-0.25, -0.2) is 9.97 Å². The molecule has 1 aromatic heterocycles. The lowest BCUT2D eigenvalue weighted by Crippen LogP contribution is -2.35. The summed E-state index contributed by atoms with van der Waals surface area (Å²) in [6.45, 7) is 5.24. The fourth-order valence-corrected chi connectivity index (χ4v) is 2.69. The smallest absolute Gasteiger partial charge is 0.232 e. The van der Waals surface area contributed by atoms with E-state index in [0.717, 1.165) is 42.3 Å². The van der Waals surface area contributed by atoms with Crippen molar-refractivity contribution in [1.82, 2.24) is 9.97 Å². The second kappa shape index (κ2) is 4.31. The minimum Gasteiger partial charge on any atom is -0.376 e. The van der Waals surface area contributed by atoms with Crippen LogP contribution in [0.5, 0.6) is 0 Å². The van der Waals surface area contributed by atoms with Gasteiger partial charge in [0.05, 0.1) is 19.1 Å². The van der Waals surface area contributed by atoms with E-state index in [1.54, 1.807) is 4.90 Å². The van der Waals surface area contributed by atoms with Crippen molar-refractivity contribution in [2.45, 2.75) is 39.2 Å². The number of carbonyl (C=O) groups is 1. The van der Waals surface area contributed by atoms with Crippen LogP contribution in [0.4, 0.5) is 5.82 Å².